The van der Waals surface area contributed by atoms with Crippen molar-refractivity contribution in [2.45, 2.75) is 31.0 Å². The number of likely N-dealkylation sites (tertiary alicyclic amines) is 1. The number of carbonyl (C=O) groups is 2. The van der Waals surface area contributed by atoms with Crippen molar-refractivity contribution in [3.05, 3.63) is 41.7 Å². The lowest BCUT2D eigenvalue weighted by Crippen LogP contribution is -2.42. The second-order valence-electron chi connectivity index (χ2n) is 8.48. The fourth-order valence-electron chi connectivity index (χ4n) is 4.12. The van der Waals surface area contributed by atoms with Gasteiger partial charge in [0.15, 0.2) is 5.82 Å². The van der Waals surface area contributed by atoms with Crippen molar-refractivity contribution < 1.29 is 45.1 Å². The highest BCUT2D eigenvalue weighted by Gasteiger charge is 2.41. The molecule has 3 N–H and O–H groups in total. The molecule has 1 fully saturated rings. The Morgan fingerprint density at radius 1 is 1.13 bits per heavy atom. The number of aromatic nitrogens is 3. The van der Waals surface area contributed by atoms with Crippen LogP contribution in [0, 0.1) is 0 Å². The summed E-state index contributed by atoms with van der Waals surface area (Å²) >= 11 is 0. The maximum absolute atomic E-state index is 14.5. The van der Waals surface area contributed by atoms with Crippen LogP contribution >= 0.6 is 0 Å². The lowest BCUT2D eigenvalue weighted by molar-refractivity contribution is -0.160. The van der Waals surface area contributed by atoms with Crippen LogP contribution < -0.4 is 15.8 Å². The molecule has 3 aromatic rings. The van der Waals surface area contributed by atoms with Crippen LogP contribution in [-0.4, -0.2) is 69.9 Å². The largest absolute Gasteiger partial charge is 0.497 e. The summed E-state index contributed by atoms with van der Waals surface area (Å²) in [5.74, 6) is -2.60. The summed E-state index contributed by atoms with van der Waals surface area (Å²) in [6.45, 7) is -1.13. The molecule has 0 saturated carbocycles. The van der Waals surface area contributed by atoms with Gasteiger partial charge in [-0.2, -0.15) is 31.4 Å². The number of amides is 2. The van der Waals surface area contributed by atoms with E-state index < -0.39 is 72.8 Å². The van der Waals surface area contributed by atoms with Crippen LogP contribution in [0.1, 0.15) is 22.3 Å². The normalized spacial score (nSPS) is 18.2. The molecule has 1 saturated heterocycles. The summed E-state index contributed by atoms with van der Waals surface area (Å²) in [4.78, 5) is 29.0. The molecule has 1 aromatic carbocycles. The number of halogens is 7. The third-order valence-electron chi connectivity index (χ3n) is 5.86. The van der Waals surface area contributed by atoms with Crippen LogP contribution in [0.2, 0.25) is 0 Å². The molecule has 2 atom stereocenters. The summed E-state index contributed by atoms with van der Waals surface area (Å²) in [6, 6.07) is 3.23. The van der Waals surface area contributed by atoms with Gasteiger partial charge in [-0.15, -0.1) is 0 Å². The summed E-state index contributed by atoms with van der Waals surface area (Å²) in [5, 5.41) is 6.16. The van der Waals surface area contributed by atoms with Gasteiger partial charge >= 0.3 is 12.4 Å². The Morgan fingerprint density at radius 3 is 2.47 bits per heavy atom. The summed E-state index contributed by atoms with van der Waals surface area (Å²) < 4.78 is 99.1. The molecule has 0 radical (unpaired) electrons. The molecule has 204 valence electrons. The molecule has 0 spiro atoms. The van der Waals surface area contributed by atoms with E-state index in [1.54, 1.807) is 0 Å². The molecule has 2 amide bonds. The number of hydrogen-bond donors (Lipinski definition) is 2. The number of alkyl halides is 7. The third kappa shape index (κ3) is 5.43. The van der Waals surface area contributed by atoms with Gasteiger partial charge in [-0.1, -0.05) is 0 Å². The van der Waals surface area contributed by atoms with Gasteiger partial charge in [0.2, 0.25) is 5.91 Å². The topological polar surface area (TPSA) is 115 Å². The predicted octanol–water partition coefficient (Wildman–Crippen LogP) is 3.24. The molecule has 2 aromatic heterocycles. The number of fused-ring (bicyclic) bond motifs is 1. The fourth-order valence-corrected chi connectivity index (χ4v) is 4.12. The average molecular weight is 548 g/mol. The molecule has 38 heavy (non-hydrogen) atoms. The third-order valence-corrected chi connectivity index (χ3v) is 5.86. The molecular formula is C22H19F7N6O3. The van der Waals surface area contributed by atoms with Gasteiger partial charge in [0.1, 0.15) is 30.2 Å². The lowest BCUT2D eigenvalue weighted by atomic mass is 10.1. The van der Waals surface area contributed by atoms with E-state index in [2.05, 4.69) is 15.4 Å². The number of anilines is 1. The van der Waals surface area contributed by atoms with Gasteiger partial charge in [0, 0.05) is 17.7 Å². The number of nitrogen functional groups attached to an aromatic ring is 1. The minimum absolute atomic E-state index is 0.0586. The SMILES string of the molecule is COc1cc(C(=O)N[C@@H]2CN(C(=O)CC(F)(F)F)C[C@@H]2F)cc(-c2cc(C(F)(F)F)c3c(N)ncnn23)c1. The Morgan fingerprint density at radius 2 is 1.84 bits per heavy atom. The van der Waals surface area contributed by atoms with E-state index in [0.29, 0.717) is 4.90 Å². The summed E-state index contributed by atoms with van der Waals surface area (Å²) in [7, 11) is 1.25. The fraction of sp³-hybridized carbons (Fsp3) is 0.364. The summed E-state index contributed by atoms with van der Waals surface area (Å²) in [6.07, 6.45) is -12.2. The smallest absolute Gasteiger partial charge is 0.418 e. The van der Waals surface area contributed by atoms with Crippen molar-refractivity contribution in [1.29, 1.82) is 0 Å². The molecule has 1 aliphatic rings. The molecule has 4 rings (SSSR count). The molecule has 0 aliphatic carbocycles. The first kappa shape index (κ1) is 26.9. The molecular weight excluding hydrogens is 529 g/mol. The first-order chi connectivity index (χ1) is 17.7. The van der Waals surface area contributed by atoms with Crippen LogP contribution in [0.5, 0.6) is 5.75 Å². The molecule has 3 heterocycles. The minimum Gasteiger partial charge on any atom is -0.497 e. The first-order valence-corrected chi connectivity index (χ1v) is 10.9. The van der Waals surface area contributed by atoms with E-state index in [1.165, 1.54) is 25.3 Å². The van der Waals surface area contributed by atoms with Crippen molar-refractivity contribution in [2.75, 3.05) is 25.9 Å². The van der Waals surface area contributed by atoms with E-state index in [4.69, 9.17) is 10.5 Å². The van der Waals surface area contributed by atoms with Crippen molar-refractivity contribution >= 4 is 23.1 Å². The molecule has 1 aliphatic heterocycles. The standard InChI is InChI=1S/C22H19F7N6O3/c1-38-12-3-10(16-5-13(22(27,28)29)18-19(30)31-9-32-35(16)18)2-11(4-12)20(37)33-15-8-34(7-14(15)23)17(36)6-21(24,25)26/h2-5,9,14-15H,6-8H2,1H3,(H,33,37)(H2,30,31,32)/t14-,15+/m0/s1. The number of benzene rings is 1. The highest BCUT2D eigenvalue weighted by atomic mass is 19.4. The molecule has 0 unspecified atom stereocenters. The van der Waals surface area contributed by atoms with Crippen molar-refractivity contribution in [3.63, 3.8) is 0 Å². The monoisotopic (exact) mass is 548 g/mol. The number of rotatable bonds is 5. The maximum Gasteiger partial charge on any atom is 0.418 e. The van der Waals surface area contributed by atoms with Gasteiger partial charge in [0.05, 0.1) is 31.0 Å². The Labute approximate surface area is 209 Å². The zero-order valence-corrected chi connectivity index (χ0v) is 19.4. The zero-order valence-electron chi connectivity index (χ0n) is 19.4. The number of nitrogens with two attached hydrogens (primary N) is 1. The van der Waals surface area contributed by atoms with Crippen LogP contribution in [-0.2, 0) is 11.0 Å². The summed E-state index contributed by atoms with van der Waals surface area (Å²) in [5.41, 5.74) is 3.84. The van der Waals surface area contributed by atoms with Crippen molar-refractivity contribution in [2.24, 2.45) is 0 Å². The Kier molecular flexibility index (Phi) is 6.84. The van der Waals surface area contributed by atoms with Crippen LogP contribution in [0.15, 0.2) is 30.6 Å². The van der Waals surface area contributed by atoms with E-state index in [1.807, 2.05) is 0 Å². The van der Waals surface area contributed by atoms with Crippen molar-refractivity contribution in [1.82, 2.24) is 24.8 Å². The average Bonchev–Trinajstić information content (AvgIpc) is 3.39. The Balaban J connectivity index is 1.65. The Bertz CT molecular complexity index is 1390. The predicted molar refractivity (Wildman–Crippen MR) is 118 cm³/mol. The second-order valence-corrected chi connectivity index (χ2v) is 8.48. The van der Waals surface area contributed by atoms with Crippen molar-refractivity contribution in [3.8, 4) is 17.0 Å². The number of ether oxygens (including phenoxy) is 1. The van der Waals surface area contributed by atoms with E-state index in [-0.39, 0.29) is 22.6 Å². The van der Waals surface area contributed by atoms with Crippen LogP contribution in [0.25, 0.3) is 16.8 Å². The number of nitrogens with zero attached hydrogens (tertiary/aromatic N) is 4. The zero-order chi connectivity index (χ0) is 28.0. The number of nitrogens with one attached hydrogen (secondary N) is 1. The minimum atomic E-state index is -4.81. The van der Waals surface area contributed by atoms with E-state index >= 15 is 0 Å². The number of methoxy groups -OCH3 is 1. The lowest BCUT2D eigenvalue weighted by Gasteiger charge is -2.18. The Hall–Kier alpha value is -4.11. The van der Waals surface area contributed by atoms with Crippen LogP contribution in [0.4, 0.5) is 36.6 Å². The highest BCUT2D eigenvalue weighted by Crippen LogP contribution is 2.39. The van der Waals surface area contributed by atoms with Gasteiger partial charge in [-0.3, -0.25) is 9.59 Å². The maximum atomic E-state index is 14.5. The molecule has 9 nitrogen and oxygen atoms in total. The highest BCUT2D eigenvalue weighted by molar-refractivity contribution is 5.96. The molecule has 0 bridgehead atoms. The van der Waals surface area contributed by atoms with Crippen LogP contribution in [0.3, 0.4) is 0 Å². The first-order valence-electron chi connectivity index (χ1n) is 10.9. The van der Waals surface area contributed by atoms with Gasteiger partial charge in [-0.25, -0.2) is 13.9 Å². The van der Waals surface area contributed by atoms with E-state index in [9.17, 15) is 40.3 Å². The van der Waals surface area contributed by atoms with Gasteiger partial charge in [-0.05, 0) is 24.3 Å². The number of carbonyl (C=O) groups excluding carboxylic acids is 2. The van der Waals surface area contributed by atoms with Gasteiger partial charge in [0.25, 0.3) is 5.91 Å². The quantitative estimate of drug-likeness (QED) is 0.474. The van der Waals surface area contributed by atoms with E-state index in [0.717, 1.165) is 16.9 Å². The molecule has 16 heteroatoms. The van der Waals surface area contributed by atoms with Gasteiger partial charge < -0.3 is 20.7 Å². The second kappa shape index (κ2) is 9.64. The number of hydrogen-bond acceptors (Lipinski definition) is 6.